The Morgan fingerprint density at radius 2 is 1.85 bits per heavy atom. The van der Waals surface area contributed by atoms with E-state index in [9.17, 15) is 5.11 Å². The first-order chi connectivity index (χ1) is 12.6. The topological polar surface area (TPSA) is 43.7 Å². The highest BCUT2D eigenvalue weighted by molar-refractivity contribution is 5.83. The molecule has 4 nitrogen and oxygen atoms in total. The molecule has 4 rings (SSSR count). The quantitative estimate of drug-likeness (QED) is 0.676. The van der Waals surface area contributed by atoms with Gasteiger partial charge in [0.15, 0.2) is 0 Å². The number of benzene rings is 2. The van der Waals surface area contributed by atoms with E-state index in [2.05, 4.69) is 54.1 Å². The molecule has 0 spiro atoms. The maximum Gasteiger partial charge on any atom is 0.130 e. The van der Waals surface area contributed by atoms with Crippen molar-refractivity contribution in [3.05, 3.63) is 65.4 Å². The van der Waals surface area contributed by atoms with Crippen LogP contribution in [0.4, 0.5) is 5.69 Å². The number of aromatic amines is 1. The van der Waals surface area contributed by atoms with Gasteiger partial charge >= 0.3 is 0 Å². The molecule has 0 saturated carbocycles. The fraction of sp³-hybridized carbons (Fsp3) is 0.364. The number of nitrogens with zero attached hydrogens (tertiary/aromatic N) is 1. The molecule has 4 heteroatoms. The van der Waals surface area contributed by atoms with Gasteiger partial charge < -0.3 is 19.9 Å². The van der Waals surface area contributed by atoms with Crippen LogP contribution in [0, 0.1) is 13.8 Å². The summed E-state index contributed by atoms with van der Waals surface area (Å²) >= 11 is 0. The molecule has 1 fully saturated rings. The van der Waals surface area contributed by atoms with Gasteiger partial charge in [-0.1, -0.05) is 30.3 Å². The standard InChI is InChI=1S/C22H27N3O/c1-16-6-5-9-21(17(16)2)25-12-10-24(11-13-25)15-22(26)19-14-23-20-8-4-3-7-18(19)20/h3-9,14,22-23,26H,10-13,15H2,1-2H3/p+1/t22-/m1/s1. The van der Waals surface area contributed by atoms with Crippen LogP contribution < -0.4 is 9.80 Å². The highest BCUT2D eigenvalue weighted by Gasteiger charge is 2.25. The summed E-state index contributed by atoms with van der Waals surface area (Å²) in [6.45, 7) is 9.37. The molecular formula is C22H28N3O+. The number of piperazine rings is 1. The molecule has 0 bridgehead atoms. The van der Waals surface area contributed by atoms with Crippen LogP contribution in [0.25, 0.3) is 10.9 Å². The first kappa shape index (κ1) is 17.1. The van der Waals surface area contributed by atoms with E-state index >= 15 is 0 Å². The molecule has 3 N–H and O–H groups in total. The number of rotatable bonds is 4. The van der Waals surface area contributed by atoms with E-state index in [1.165, 1.54) is 21.7 Å². The summed E-state index contributed by atoms with van der Waals surface area (Å²) in [5, 5.41) is 11.9. The smallest absolute Gasteiger partial charge is 0.130 e. The van der Waals surface area contributed by atoms with Crippen molar-refractivity contribution in [1.29, 1.82) is 0 Å². The minimum absolute atomic E-state index is 0.423. The minimum atomic E-state index is -0.423. The molecule has 0 radical (unpaired) electrons. The van der Waals surface area contributed by atoms with E-state index in [-0.39, 0.29) is 0 Å². The lowest BCUT2D eigenvalue weighted by Gasteiger charge is -2.35. The van der Waals surface area contributed by atoms with Crippen molar-refractivity contribution in [3.8, 4) is 0 Å². The summed E-state index contributed by atoms with van der Waals surface area (Å²) in [6, 6.07) is 14.7. The highest BCUT2D eigenvalue weighted by atomic mass is 16.3. The van der Waals surface area contributed by atoms with Gasteiger partial charge in [0.25, 0.3) is 0 Å². The van der Waals surface area contributed by atoms with E-state index in [1.807, 2.05) is 18.3 Å². The maximum absolute atomic E-state index is 10.8. The lowest BCUT2D eigenvalue weighted by molar-refractivity contribution is -0.904. The first-order valence-electron chi connectivity index (χ1n) is 9.52. The summed E-state index contributed by atoms with van der Waals surface area (Å²) in [7, 11) is 0. The molecule has 1 saturated heterocycles. The Balaban J connectivity index is 1.40. The Hall–Kier alpha value is -2.30. The molecular weight excluding hydrogens is 322 g/mol. The van der Waals surface area contributed by atoms with E-state index < -0.39 is 6.10 Å². The minimum Gasteiger partial charge on any atom is -0.382 e. The Bertz CT molecular complexity index is 893. The van der Waals surface area contributed by atoms with Gasteiger partial charge in [-0.05, 0) is 37.1 Å². The van der Waals surface area contributed by atoms with Gasteiger partial charge in [0.2, 0.25) is 0 Å². The third kappa shape index (κ3) is 3.22. The zero-order valence-corrected chi connectivity index (χ0v) is 15.6. The van der Waals surface area contributed by atoms with E-state index in [0.717, 1.165) is 49.2 Å². The number of aromatic nitrogens is 1. The van der Waals surface area contributed by atoms with Crippen LogP contribution in [0.1, 0.15) is 22.8 Å². The van der Waals surface area contributed by atoms with Crippen LogP contribution in [-0.4, -0.2) is 42.8 Å². The number of fused-ring (bicyclic) bond motifs is 1. The van der Waals surface area contributed by atoms with Crippen LogP contribution in [0.15, 0.2) is 48.7 Å². The number of nitrogens with one attached hydrogen (secondary N) is 2. The largest absolute Gasteiger partial charge is 0.382 e. The van der Waals surface area contributed by atoms with Crippen molar-refractivity contribution < 1.29 is 10.0 Å². The Kier molecular flexibility index (Phi) is 4.70. The molecule has 1 aliphatic heterocycles. The SMILES string of the molecule is Cc1cccc(N2CC[NH+](C[C@@H](O)c3c[nH]c4ccccc34)CC2)c1C. The van der Waals surface area contributed by atoms with Gasteiger partial charge in [0.05, 0.1) is 26.2 Å². The number of aryl methyl sites for hydroxylation is 1. The number of anilines is 1. The number of hydrogen-bond donors (Lipinski definition) is 3. The number of H-pyrrole nitrogens is 1. The Morgan fingerprint density at radius 1 is 1.08 bits per heavy atom. The predicted octanol–water partition coefficient (Wildman–Crippen LogP) is 2.22. The average Bonchev–Trinajstić information content (AvgIpc) is 3.09. The molecule has 3 aromatic rings. The molecule has 2 aromatic carbocycles. The van der Waals surface area contributed by atoms with Gasteiger partial charge in [-0.15, -0.1) is 0 Å². The molecule has 0 unspecified atom stereocenters. The fourth-order valence-electron chi connectivity index (χ4n) is 4.10. The summed E-state index contributed by atoms with van der Waals surface area (Å²) in [5.41, 5.74) is 6.21. The Labute approximate surface area is 155 Å². The number of quaternary nitrogens is 1. The van der Waals surface area contributed by atoms with Crippen LogP contribution in [0.5, 0.6) is 0 Å². The molecule has 0 amide bonds. The second-order valence-corrected chi connectivity index (χ2v) is 7.47. The van der Waals surface area contributed by atoms with Gasteiger partial charge in [-0.2, -0.15) is 0 Å². The lowest BCUT2D eigenvalue weighted by atomic mass is 10.1. The highest BCUT2D eigenvalue weighted by Crippen LogP contribution is 2.24. The van der Waals surface area contributed by atoms with Crippen LogP contribution >= 0.6 is 0 Å². The van der Waals surface area contributed by atoms with Crippen LogP contribution in [-0.2, 0) is 0 Å². The zero-order chi connectivity index (χ0) is 18.1. The Morgan fingerprint density at radius 3 is 2.65 bits per heavy atom. The second-order valence-electron chi connectivity index (χ2n) is 7.47. The normalized spacial score (nSPS) is 17.0. The van der Waals surface area contributed by atoms with Crippen molar-refractivity contribution in [2.45, 2.75) is 20.0 Å². The van der Waals surface area contributed by atoms with Crippen molar-refractivity contribution in [1.82, 2.24) is 4.98 Å². The van der Waals surface area contributed by atoms with E-state index in [0.29, 0.717) is 0 Å². The molecule has 0 aliphatic carbocycles. The fourth-order valence-corrected chi connectivity index (χ4v) is 4.10. The predicted molar refractivity (Wildman–Crippen MR) is 107 cm³/mol. The third-order valence-corrected chi connectivity index (χ3v) is 5.85. The van der Waals surface area contributed by atoms with Crippen molar-refractivity contribution in [2.24, 2.45) is 0 Å². The van der Waals surface area contributed by atoms with Gasteiger partial charge in [0, 0.05) is 28.4 Å². The summed E-state index contributed by atoms with van der Waals surface area (Å²) in [5.74, 6) is 0. The summed E-state index contributed by atoms with van der Waals surface area (Å²) in [6.07, 6.45) is 1.54. The van der Waals surface area contributed by atoms with Crippen molar-refractivity contribution in [2.75, 3.05) is 37.6 Å². The van der Waals surface area contributed by atoms with E-state index in [4.69, 9.17) is 0 Å². The van der Waals surface area contributed by atoms with Gasteiger partial charge in [-0.3, -0.25) is 0 Å². The monoisotopic (exact) mass is 350 g/mol. The zero-order valence-electron chi connectivity index (χ0n) is 15.6. The van der Waals surface area contributed by atoms with Gasteiger partial charge in [0.1, 0.15) is 12.6 Å². The molecule has 136 valence electrons. The van der Waals surface area contributed by atoms with Crippen LogP contribution in [0.3, 0.4) is 0 Å². The number of hydrogen-bond acceptors (Lipinski definition) is 2. The number of aliphatic hydroxyl groups is 1. The molecule has 26 heavy (non-hydrogen) atoms. The van der Waals surface area contributed by atoms with Gasteiger partial charge in [-0.25, -0.2) is 0 Å². The molecule has 2 heterocycles. The summed E-state index contributed by atoms with van der Waals surface area (Å²) < 4.78 is 0. The number of para-hydroxylation sites is 1. The third-order valence-electron chi connectivity index (χ3n) is 5.85. The van der Waals surface area contributed by atoms with Crippen molar-refractivity contribution in [3.63, 3.8) is 0 Å². The number of aliphatic hydroxyl groups excluding tert-OH is 1. The van der Waals surface area contributed by atoms with Crippen LogP contribution in [0.2, 0.25) is 0 Å². The lowest BCUT2D eigenvalue weighted by Crippen LogP contribution is -3.15. The molecule has 1 aliphatic rings. The maximum atomic E-state index is 10.8. The van der Waals surface area contributed by atoms with E-state index in [1.54, 1.807) is 0 Å². The second kappa shape index (κ2) is 7.14. The summed E-state index contributed by atoms with van der Waals surface area (Å²) in [4.78, 5) is 7.24. The van der Waals surface area contributed by atoms with Crippen molar-refractivity contribution >= 4 is 16.6 Å². The average molecular weight is 350 g/mol. The first-order valence-corrected chi connectivity index (χ1v) is 9.52. The molecule has 1 atom stereocenters. The molecule has 1 aromatic heterocycles.